The molecule has 3 aromatic rings. The number of hydrogen-bond acceptors (Lipinski definition) is 2. The van der Waals surface area contributed by atoms with Crippen LogP contribution in [0, 0.1) is 0 Å². The molecule has 0 aliphatic heterocycles. The molecule has 104 valence electrons. The Bertz CT molecular complexity index is 748. The minimum Gasteiger partial charge on any atom is -0.324 e. The van der Waals surface area contributed by atoms with Crippen molar-refractivity contribution in [3.05, 3.63) is 72.4 Å². The van der Waals surface area contributed by atoms with E-state index in [0.717, 1.165) is 23.0 Å². The van der Waals surface area contributed by atoms with E-state index in [1.54, 1.807) is 6.20 Å². The molecule has 0 unspecified atom stereocenters. The van der Waals surface area contributed by atoms with Crippen LogP contribution in [0.25, 0.3) is 10.9 Å². The van der Waals surface area contributed by atoms with Crippen LogP contribution < -0.4 is 5.32 Å². The Morgan fingerprint density at radius 1 is 0.952 bits per heavy atom. The summed E-state index contributed by atoms with van der Waals surface area (Å²) in [6.07, 6.45) is 2.94. The number of para-hydroxylation sites is 1. The minimum absolute atomic E-state index is 0.0111. The Kier molecular flexibility index (Phi) is 3.92. The number of aromatic nitrogens is 1. The maximum absolute atomic E-state index is 12.1. The summed E-state index contributed by atoms with van der Waals surface area (Å²) in [6, 6.07) is 19.7. The normalized spacial score (nSPS) is 10.5. The Morgan fingerprint density at radius 2 is 1.76 bits per heavy atom. The highest BCUT2D eigenvalue weighted by Gasteiger charge is 2.06. The molecule has 21 heavy (non-hydrogen) atoms. The Morgan fingerprint density at radius 3 is 2.62 bits per heavy atom. The van der Waals surface area contributed by atoms with E-state index in [4.69, 9.17) is 0 Å². The fraction of sp³-hybridized carbons (Fsp3) is 0.111. The lowest BCUT2D eigenvalue weighted by Crippen LogP contribution is -2.12. The van der Waals surface area contributed by atoms with Gasteiger partial charge in [0.2, 0.25) is 5.91 Å². The van der Waals surface area contributed by atoms with E-state index < -0.39 is 0 Å². The molecule has 0 saturated carbocycles. The molecular weight excluding hydrogens is 260 g/mol. The van der Waals surface area contributed by atoms with Crippen LogP contribution in [0.4, 0.5) is 5.69 Å². The van der Waals surface area contributed by atoms with Crippen LogP contribution in [0.5, 0.6) is 0 Å². The smallest absolute Gasteiger partial charge is 0.224 e. The summed E-state index contributed by atoms with van der Waals surface area (Å²) in [5, 5.41) is 3.98. The van der Waals surface area contributed by atoms with Crippen LogP contribution in [-0.4, -0.2) is 10.9 Å². The molecule has 0 atom stereocenters. The van der Waals surface area contributed by atoms with Gasteiger partial charge in [-0.25, -0.2) is 0 Å². The summed E-state index contributed by atoms with van der Waals surface area (Å²) in [5.74, 6) is 0.0111. The first-order valence-electron chi connectivity index (χ1n) is 7.00. The van der Waals surface area contributed by atoms with Crippen LogP contribution in [0.3, 0.4) is 0 Å². The van der Waals surface area contributed by atoms with Gasteiger partial charge in [0.15, 0.2) is 0 Å². The van der Waals surface area contributed by atoms with Gasteiger partial charge in [0, 0.05) is 18.0 Å². The first kappa shape index (κ1) is 13.3. The molecule has 0 aliphatic carbocycles. The standard InChI is InChI=1S/C18H16N2O/c21-17(12-11-14-6-2-1-3-7-14)20-16-10-4-8-15-9-5-13-19-18(15)16/h1-10,13H,11-12H2,(H,20,21). The number of pyridine rings is 1. The quantitative estimate of drug-likeness (QED) is 0.787. The number of aryl methyl sites for hydroxylation is 1. The van der Waals surface area contributed by atoms with Crippen LogP contribution >= 0.6 is 0 Å². The lowest BCUT2D eigenvalue weighted by atomic mass is 10.1. The molecule has 0 spiro atoms. The van der Waals surface area contributed by atoms with Crippen LogP contribution in [0.1, 0.15) is 12.0 Å². The van der Waals surface area contributed by atoms with Gasteiger partial charge in [-0.05, 0) is 24.1 Å². The average Bonchev–Trinajstić information content (AvgIpc) is 2.54. The first-order valence-corrected chi connectivity index (χ1v) is 7.00. The number of nitrogens with one attached hydrogen (secondary N) is 1. The van der Waals surface area contributed by atoms with Crippen molar-refractivity contribution in [1.29, 1.82) is 0 Å². The zero-order valence-corrected chi connectivity index (χ0v) is 11.6. The fourth-order valence-electron chi connectivity index (χ4n) is 2.32. The van der Waals surface area contributed by atoms with E-state index in [-0.39, 0.29) is 5.91 Å². The molecular formula is C18H16N2O. The Hall–Kier alpha value is -2.68. The second-order valence-electron chi connectivity index (χ2n) is 4.91. The maximum atomic E-state index is 12.1. The third kappa shape index (κ3) is 3.26. The predicted octanol–water partition coefficient (Wildman–Crippen LogP) is 3.81. The van der Waals surface area contributed by atoms with Crippen molar-refractivity contribution in [2.24, 2.45) is 0 Å². The Labute approximate surface area is 123 Å². The molecule has 1 N–H and O–H groups in total. The first-order chi connectivity index (χ1) is 10.3. The molecule has 1 heterocycles. The summed E-state index contributed by atoms with van der Waals surface area (Å²) in [4.78, 5) is 16.4. The third-order valence-corrected chi connectivity index (χ3v) is 3.39. The number of amides is 1. The van der Waals surface area contributed by atoms with Crippen LogP contribution in [0.15, 0.2) is 66.9 Å². The summed E-state index contributed by atoms with van der Waals surface area (Å²) in [7, 11) is 0. The zero-order valence-electron chi connectivity index (χ0n) is 11.6. The van der Waals surface area contributed by atoms with Gasteiger partial charge in [-0.15, -0.1) is 0 Å². The molecule has 1 aromatic heterocycles. The maximum Gasteiger partial charge on any atom is 0.224 e. The molecule has 0 saturated heterocycles. The molecule has 0 radical (unpaired) electrons. The van der Waals surface area contributed by atoms with Crippen molar-refractivity contribution < 1.29 is 4.79 Å². The molecule has 2 aromatic carbocycles. The van der Waals surface area contributed by atoms with Crippen molar-refractivity contribution in [2.75, 3.05) is 5.32 Å². The predicted molar refractivity (Wildman–Crippen MR) is 85.1 cm³/mol. The number of nitrogens with zero attached hydrogens (tertiary/aromatic N) is 1. The summed E-state index contributed by atoms with van der Waals surface area (Å²) >= 11 is 0. The summed E-state index contributed by atoms with van der Waals surface area (Å²) < 4.78 is 0. The number of benzene rings is 2. The van der Waals surface area contributed by atoms with Gasteiger partial charge >= 0.3 is 0 Å². The number of rotatable bonds is 4. The summed E-state index contributed by atoms with van der Waals surface area (Å²) in [6.45, 7) is 0. The van der Waals surface area contributed by atoms with Crippen molar-refractivity contribution >= 4 is 22.5 Å². The SMILES string of the molecule is O=C(CCc1ccccc1)Nc1cccc2cccnc12. The highest BCUT2D eigenvalue weighted by molar-refractivity contribution is 6.00. The van der Waals surface area contributed by atoms with E-state index in [1.807, 2.05) is 60.7 Å². The van der Waals surface area contributed by atoms with Crippen molar-refractivity contribution in [3.8, 4) is 0 Å². The molecule has 3 heteroatoms. The molecule has 1 amide bonds. The number of fused-ring (bicyclic) bond motifs is 1. The topological polar surface area (TPSA) is 42.0 Å². The van der Waals surface area contributed by atoms with Gasteiger partial charge in [-0.1, -0.05) is 48.5 Å². The van der Waals surface area contributed by atoms with Gasteiger partial charge in [0.25, 0.3) is 0 Å². The van der Waals surface area contributed by atoms with Gasteiger partial charge in [-0.3, -0.25) is 9.78 Å². The highest BCUT2D eigenvalue weighted by Crippen LogP contribution is 2.20. The molecule has 0 bridgehead atoms. The third-order valence-electron chi connectivity index (χ3n) is 3.39. The second-order valence-corrected chi connectivity index (χ2v) is 4.91. The minimum atomic E-state index is 0.0111. The number of hydrogen-bond donors (Lipinski definition) is 1. The van der Waals surface area contributed by atoms with Crippen LogP contribution in [0.2, 0.25) is 0 Å². The van der Waals surface area contributed by atoms with Gasteiger partial charge in [-0.2, -0.15) is 0 Å². The highest BCUT2D eigenvalue weighted by atomic mass is 16.1. The molecule has 0 aliphatic rings. The lowest BCUT2D eigenvalue weighted by molar-refractivity contribution is -0.116. The van der Waals surface area contributed by atoms with E-state index in [0.29, 0.717) is 6.42 Å². The number of carbonyl (C=O) groups is 1. The van der Waals surface area contributed by atoms with E-state index in [2.05, 4.69) is 10.3 Å². The fourth-order valence-corrected chi connectivity index (χ4v) is 2.32. The van der Waals surface area contributed by atoms with E-state index >= 15 is 0 Å². The van der Waals surface area contributed by atoms with Crippen molar-refractivity contribution in [1.82, 2.24) is 4.98 Å². The lowest BCUT2D eigenvalue weighted by Gasteiger charge is -2.08. The summed E-state index contributed by atoms with van der Waals surface area (Å²) in [5.41, 5.74) is 2.77. The van der Waals surface area contributed by atoms with Gasteiger partial charge < -0.3 is 5.32 Å². The van der Waals surface area contributed by atoms with Crippen molar-refractivity contribution in [2.45, 2.75) is 12.8 Å². The molecule has 3 nitrogen and oxygen atoms in total. The number of carbonyl (C=O) groups excluding carboxylic acids is 1. The van der Waals surface area contributed by atoms with Gasteiger partial charge in [0.1, 0.15) is 0 Å². The van der Waals surface area contributed by atoms with Crippen molar-refractivity contribution in [3.63, 3.8) is 0 Å². The van der Waals surface area contributed by atoms with Gasteiger partial charge in [0.05, 0.1) is 11.2 Å². The largest absolute Gasteiger partial charge is 0.324 e. The van der Waals surface area contributed by atoms with E-state index in [1.165, 1.54) is 5.56 Å². The van der Waals surface area contributed by atoms with E-state index in [9.17, 15) is 4.79 Å². The molecule has 3 rings (SSSR count). The zero-order chi connectivity index (χ0) is 14.5. The second kappa shape index (κ2) is 6.18. The monoisotopic (exact) mass is 276 g/mol. The Balaban J connectivity index is 1.69. The molecule has 0 fully saturated rings. The average molecular weight is 276 g/mol. The van der Waals surface area contributed by atoms with Crippen LogP contribution in [-0.2, 0) is 11.2 Å². The number of anilines is 1.